The van der Waals surface area contributed by atoms with Crippen molar-refractivity contribution in [1.82, 2.24) is 4.90 Å². The van der Waals surface area contributed by atoms with Crippen LogP contribution in [-0.2, 0) is 17.5 Å². The summed E-state index contributed by atoms with van der Waals surface area (Å²) in [6.07, 6.45) is -3.35. The number of H-pyrrole nitrogens is 1. The zero-order chi connectivity index (χ0) is 21.0. The molecule has 29 heavy (non-hydrogen) atoms. The number of alkyl halides is 3. The first-order valence-electron chi connectivity index (χ1n) is 9.73. The predicted molar refractivity (Wildman–Crippen MR) is 103 cm³/mol. The number of hydrogen-bond acceptors (Lipinski definition) is 2. The second-order valence-electron chi connectivity index (χ2n) is 7.51. The zero-order valence-corrected chi connectivity index (χ0v) is 16.7. The number of carbonyl (C=O) groups excluding carboxylic acids is 1. The minimum atomic E-state index is -4.35. The van der Waals surface area contributed by atoms with Crippen molar-refractivity contribution in [3.05, 3.63) is 59.8 Å². The number of pyridine rings is 1. The van der Waals surface area contributed by atoms with Gasteiger partial charge in [-0.15, -0.1) is 0 Å². The van der Waals surface area contributed by atoms with E-state index in [4.69, 9.17) is 0 Å². The fraction of sp³-hybridized carbons (Fsp3) is 0.429. The van der Waals surface area contributed by atoms with Gasteiger partial charge in [0.05, 0.1) is 5.56 Å². The number of hydrogen-bond donors (Lipinski definition) is 1. The molecule has 1 atom stereocenters. The summed E-state index contributed by atoms with van der Waals surface area (Å²) in [5, 5.41) is 0. The monoisotopic (exact) mass is 408 g/mol. The number of nitrogens with one attached hydrogen (secondary N) is 2. The molecule has 2 N–H and O–H groups in total. The normalized spacial score (nSPS) is 16.5. The van der Waals surface area contributed by atoms with Crippen LogP contribution in [0.25, 0.3) is 0 Å². The van der Waals surface area contributed by atoms with Crippen molar-refractivity contribution in [3.8, 4) is 0 Å². The Bertz CT molecular complexity index is 803. The molecule has 1 aliphatic heterocycles. The highest BCUT2D eigenvalue weighted by Crippen LogP contribution is 2.28. The van der Waals surface area contributed by atoms with E-state index in [2.05, 4.69) is 4.98 Å². The number of carbonyl (C=O) groups is 1. The Labute approximate surface area is 168 Å². The second-order valence-corrected chi connectivity index (χ2v) is 7.51. The number of rotatable bonds is 5. The molecule has 2 heterocycles. The zero-order valence-electron chi connectivity index (χ0n) is 16.7. The van der Waals surface area contributed by atoms with Gasteiger partial charge in [-0.05, 0) is 18.6 Å². The number of likely N-dealkylation sites (N-methyl/N-ethyl adjacent to an activating group) is 1. The van der Waals surface area contributed by atoms with E-state index in [0.29, 0.717) is 25.5 Å². The predicted octanol–water partition coefficient (Wildman–Crippen LogP) is 1.27. The minimum absolute atomic E-state index is 0.0957. The summed E-state index contributed by atoms with van der Waals surface area (Å²) in [4.78, 5) is 20.5. The maximum absolute atomic E-state index is 12.8. The lowest BCUT2D eigenvalue weighted by molar-refractivity contribution is -0.915. The van der Waals surface area contributed by atoms with Crippen molar-refractivity contribution in [3.63, 3.8) is 0 Å². The summed E-state index contributed by atoms with van der Waals surface area (Å²) in [7, 11) is 1.82. The van der Waals surface area contributed by atoms with Crippen molar-refractivity contribution in [2.75, 3.05) is 38.1 Å². The van der Waals surface area contributed by atoms with E-state index >= 15 is 0 Å². The van der Waals surface area contributed by atoms with Crippen molar-refractivity contribution < 1.29 is 27.8 Å². The van der Waals surface area contributed by atoms with E-state index in [1.807, 2.05) is 49.2 Å². The van der Waals surface area contributed by atoms with Crippen LogP contribution in [0.3, 0.4) is 0 Å². The molecule has 0 spiro atoms. The number of piperazine rings is 1. The van der Waals surface area contributed by atoms with Crippen molar-refractivity contribution in [2.24, 2.45) is 0 Å². The molecule has 5 nitrogen and oxygen atoms in total. The van der Waals surface area contributed by atoms with Crippen LogP contribution in [-0.4, -0.2) is 50.1 Å². The Balaban J connectivity index is 1.53. The Hall–Kier alpha value is -2.61. The highest BCUT2D eigenvalue weighted by molar-refractivity contribution is 5.79. The van der Waals surface area contributed by atoms with Crippen molar-refractivity contribution in [1.29, 1.82) is 0 Å². The molecule has 3 rings (SSSR count). The number of anilines is 1. The van der Waals surface area contributed by atoms with Gasteiger partial charge in [0, 0.05) is 19.7 Å². The number of halogens is 3. The summed E-state index contributed by atoms with van der Waals surface area (Å²) in [6, 6.07) is 12.3. The number of benzene rings is 1. The van der Waals surface area contributed by atoms with E-state index in [9.17, 15) is 18.0 Å². The van der Waals surface area contributed by atoms with Gasteiger partial charge in [-0.3, -0.25) is 9.69 Å². The summed E-state index contributed by atoms with van der Waals surface area (Å²) >= 11 is 0. The van der Waals surface area contributed by atoms with Gasteiger partial charge in [-0.2, -0.15) is 13.2 Å². The third kappa shape index (κ3) is 5.26. The fourth-order valence-corrected chi connectivity index (χ4v) is 3.70. The molecule has 1 aromatic carbocycles. The van der Waals surface area contributed by atoms with Gasteiger partial charge in [0.2, 0.25) is 0 Å². The van der Waals surface area contributed by atoms with Crippen LogP contribution >= 0.6 is 0 Å². The van der Waals surface area contributed by atoms with Crippen LogP contribution in [0.5, 0.6) is 0 Å². The van der Waals surface area contributed by atoms with Gasteiger partial charge in [0.15, 0.2) is 6.04 Å². The number of nitrogens with zero attached hydrogens (tertiary/aromatic N) is 2. The van der Waals surface area contributed by atoms with E-state index in [1.165, 1.54) is 11.0 Å². The average molecular weight is 408 g/mol. The molecule has 0 radical (unpaired) electrons. The van der Waals surface area contributed by atoms with Crippen LogP contribution in [0.2, 0.25) is 0 Å². The van der Waals surface area contributed by atoms with Crippen LogP contribution in [0.15, 0.2) is 48.7 Å². The topological polar surface area (TPSA) is 42.1 Å². The quantitative estimate of drug-likeness (QED) is 0.810. The summed E-state index contributed by atoms with van der Waals surface area (Å²) < 4.78 is 38.1. The molecule has 2 aromatic rings. The standard InChI is InChI=1S/C21H25F3N4O/c1-16(20(29)26(2)15-17-6-4-3-5-7-17)27-10-12-28(13-11-27)19-9-8-18(14-25-19)21(22,23)24/h3-9,14,16H,10-13,15H2,1-2H3/p+2/t16-/m0/s1. The van der Waals surface area contributed by atoms with Crippen LogP contribution in [0, 0.1) is 0 Å². The minimum Gasteiger partial charge on any atom is -0.336 e. The van der Waals surface area contributed by atoms with E-state index in [0.717, 1.165) is 30.9 Å². The maximum Gasteiger partial charge on any atom is 0.419 e. The smallest absolute Gasteiger partial charge is 0.336 e. The number of amides is 1. The molecule has 1 saturated heterocycles. The maximum atomic E-state index is 12.8. The third-order valence-electron chi connectivity index (χ3n) is 5.49. The van der Waals surface area contributed by atoms with Gasteiger partial charge in [0.1, 0.15) is 32.4 Å². The van der Waals surface area contributed by atoms with Gasteiger partial charge in [0.25, 0.3) is 11.7 Å². The highest BCUT2D eigenvalue weighted by Gasteiger charge is 2.35. The fourth-order valence-electron chi connectivity index (χ4n) is 3.70. The van der Waals surface area contributed by atoms with E-state index in [-0.39, 0.29) is 11.9 Å². The summed E-state index contributed by atoms with van der Waals surface area (Å²) in [5.74, 6) is 0.760. The first-order chi connectivity index (χ1) is 13.8. The highest BCUT2D eigenvalue weighted by atomic mass is 19.4. The average Bonchev–Trinajstić information content (AvgIpc) is 2.73. The lowest BCUT2D eigenvalue weighted by atomic mass is 10.1. The Kier molecular flexibility index (Phi) is 6.42. The van der Waals surface area contributed by atoms with Gasteiger partial charge in [-0.25, -0.2) is 4.98 Å². The lowest BCUT2D eigenvalue weighted by Crippen LogP contribution is -3.19. The van der Waals surface area contributed by atoms with Gasteiger partial charge in [-0.1, -0.05) is 30.3 Å². The van der Waals surface area contributed by atoms with Crippen LogP contribution < -0.4 is 14.8 Å². The molecule has 0 saturated carbocycles. The first kappa shape index (κ1) is 21.1. The van der Waals surface area contributed by atoms with Crippen LogP contribution in [0.4, 0.5) is 19.0 Å². The Morgan fingerprint density at radius 2 is 1.83 bits per heavy atom. The molecule has 0 unspecified atom stereocenters. The van der Waals surface area contributed by atoms with Crippen molar-refractivity contribution >= 4 is 11.7 Å². The molecule has 1 aromatic heterocycles. The van der Waals surface area contributed by atoms with Gasteiger partial charge < -0.3 is 9.80 Å². The Morgan fingerprint density at radius 3 is 2.38 bits per heavy atom. The van der Waals surface area contributed by atoms with Crippen molar-refractivity contribution in [2.45, 2.75) is 25.7 Å². The largest absolute Gasteiger partial charge is 0.419 e. The number of aromatic amines is 1. The summed E-state index contributed by atoms with van der Waals surface area (Å²) in [5.41, 5.74) is 0.402. The molecular weight excluding hydrogens is 381 g/mol. The molecular formula is C21H27F3N4O+2. The number of aromatic nitrogens is 1. The molecule has 1 aliphatic rings. The lowest BCUT2D eigenvalue weighted by Gasteiger charge is -2.33. The Morgan fingerprint density at radius 1 is 1.17 bits per heavy atom. The van der Waals surface area contributed by atoms with Crippen LogP contribution in [0.1, 0.15) is 18.1 Å². The molecule has 0 aliphatic carbocycles. The SMILES string of the molecule is C[C@@H](C(=O)N(C)Cc1ccccc1)[NH+]1CCN(c2ccc(C(F)(F)F)c[nH+]2)CC1. The molecule has 1 fully saturated rings. The van der Waals surface area contributed by atoms with E-state index < -0.39 is 11.7 Å². The molecule has 156 valence electrons. The number of quaternary nitrogens is 1. The molecule has 1 amide bonds. The molecule has 0 bridgehead atoms. The van der Waals surface area contributed by atoms with Gasteiger partial charge >= 0.3 is 6.18 Å². The van der Waals surface area contributed by atoms with E-state index in [1.54, 1.807) is 4.90 Å². The first-order valence-corrected chi connectivity index (χ1v) is 9.73. The molecule has 8 heteroatoms. The second kappa shape index (κ2) is 8.82. The third-order valence-corrected chi connectivity index (χ3v) is 5.49. The summed E-state index contributed by atoms with van der Waals surface area (Å²) in [6.45, 7) is 5.37.